The molecule has 0 aromatic heterocycles. The summed E-state index contributed by atoms with van der Waals surface area (Å²) >= 11 is 11.7. The normalized spacial score (nSPS) is 15.3. The number of amides is 2. The van der Waals surface area contributed by atoms with Crippen molar-refractivity contribution in [2.24, 2.45) is 0 Å². The molecule has 0 atom stereocenters. The van der Waals surface area contributed by atoms with E-state index in [1.807, 2.05) is 0 Å². The molecule has 2 rings (SSSR count). The zero-order valence-electron chi connectivity index (χ0n) is 10.2. The predicted molar refractivity (Wildman–Crippen MR) is 75.5 cm³/mol. The monoisotopic (exact) mass is 300 g/mol. The molecule has 2 amide bonds. The summed E-state index contributed by atoms with van der Waals surface area (Å²) in [4.78, 5) is 23.4. The molecule has 1 aromatic carbocycles. The van der Waals surface area contributed by atoms with Gasteiger partial charge < -0.3 is 10.6 Å². The van der Waals surface area contributed by atoms with Crippen LogP contribution in [0.1, 0.15) is 25.7 Å². The van der Waals surface area contributed by atoms with Crippen LogP contribution in [0.4, 0.5) is 5.69 Å². The number of anilines is 1. The maximum atomic E-state index is 11.7. The lowest BCUT2D eigenvalue weighted by atomic mass is 10.2. The maximum Gasteiger partial charge on any atom is 0.313 e. The van der Waals surface area contributed by atoms with E-state index in [0.29, 0.717) is 15.7 Å². The first-order valence-corrected chi connectivity index (χ1v) is 6.89. The molecule has 2 N–H and O–H groups in total. The Kier molecular flexibility index (Phi) is 4.66. The summed E-state index contributed by atoms with van der Waals surface area (Å²) in [5, 5.41) is 5.95. The van der Waals surface area contributed by atoms with E-state index in [9.17, 15) is 9.59 Å². The molecule has 1 aliphatic carbocycles. The van der Waals surface area contributed by atoms with Crippen molar-refractivity contribution < 1.29 is 9.59 Å². The van der Waals surface area contributed by atoms with E-state index in [-0.39, 0.29) is 6.04 Å². The lowest BCUT2D eigenvalue weighted by Gasteiger charge is -2.12. The maximum absolute atomic E-state index is 11.7. The highest BCUT2D eigenvalue weighted by molar-refractivity contribution is 6.42. The zero-order chi connectivity index (χ0) is 13.8. The number of benzene rings is 1. The van der Waals surface area contributed by atoms with Crippen LogP contribution in [0.2, 0.25) is 10.0 Å². The van der Waals surface area contributed by atoms with Gasteiger partial charge in [-0.15, -0.1) is 0 Å². The third kappa shape index (κ3) is 3.85. The van der Waals surface area contributed by atoms with Gasteiger partial charge in [-0.2, -0.15) is 0 Å². The molecular weight excluding hydrogens is 287 g/mol. The van der Waals surface area contributed by atoms with E-state index in [1.54, 1.807) is 12.1 Å². The lowest BCUT2D eigenvalue weighted by molar-refractivity contribution is -0.136. The summed E-state index contributed by atoms with van der Waals surface area (Å²) in [6.45, 7) is 0. The second kappa shape index (κ2) is 6.26. The molecule has 0 saturated heterocycles. The Morgan fingerprint density at radius 1 is 1.11 bits per heavy atom. The Bertz CT molecular complexity index is 499. The van der Waals surface area contributed by atoms with Gasteiger partial charge in [-0.25, -0.2) is 0 Å². The molecule has 0 heterocycles. The molecular formula is C13H14Cl2N2O2. The molecule has 4 nitrogen and oxygen atoms in total. The molecule has 1 aromatic rings. The predicted octanol–water partition coefficient (Wildman–Crippen LogP) is 2.99. The average molecular weight is 301 g/mol. The van der Waals surface area contributed by atoms with Gasteiger partial charge in [0.15, 0.2) is 0 Å². The highest BCUT2D eigenvalue weighted by atomic mass is 35.5. The highest BCUT2D eigenvalue weighted by Gasteiger charge is 2.21. The minimum Gasteiger partial charge on any atom is -0.345 e. The van der Waals surface area contributed by atoms with Crippen LogP contribution in [0.25, 0.3) is 0 Å². The molecule has 0 bridgehead atoms. The van der Waals surface area contributed by atoms with Crippen molar-refractivity contribution in [1.82, 2.24) is 5.32 Å². The number of carbonyl (C=O) groups is 2. The first-order chi connectivity index (χ1) is 9.06. The molecule has 0 radical (unpaired) electrons. The molecule has 1 saturated carbocycles. The first kappa shape index (κ1) is 14.2. The second-order valence-corrected chi connectivity index (χ2v) is 5.38. The first-order valence-electron chi connectivity index (χ1n) is 6.13. The van der Waals surface area contributed by atoms with Gasteiger partial charge in [-0.1, -0.05) is 36.0 Å². The Balaban J connectivity index is 1.94. The van der Waals surface area contributed by atoms with Crippen LogP contribution < -0.4 is 10.6 Å². The number of rotatable bonds is 2. The summed E-state index contributed by atoms with van der Waals surface area (Å²) in [6, 6.07) is 4.77. The molecule has 0 aliphatic heterocycles. The van der Waals surface area contributed by atoms with Crippen molar-refractivity contribution in [2.45, 2.75) is 31.7 Å². The minimum atomic E-state index is -0.712. The number of hydrogen-bond acceptors (Lipinski definition) is 2. The van der Waals surface area contributed by atoms with Gasteiger partial charge in [0, 0.05) is 11.1 Å². The Labute approximate surface area is 121 Å². The fourth-order valence-corrected chi connectivity index (χ4v) is 2.55. The van der Waals surface area contributed by atoms with Crippen LogP contribution in [0.5, 0.6) is 0 Å². The minimum absolute atomic E-state index is 0.110. The van der Waals surface area contributed by atoms with Crippen molar-refractivity contribution in [3.05, 3.63) is 28.2 Å². The standard InChI is InChI=1S/C13H14Cl2N2O2/c14-8-5-6-11(10(15)7-8)17-13(19)12(18)16-9-3-1-2-4-9/h5-7,9H,1-4H2,(H,16,18)(H,17,19). The zero-order valence-corrected chi connectivity index (χ0v) is 11.7. The summed E-state index contributed by atoms with van der Waals surface area (Å²) < 4.78 is 0. The molecule has 0 spiro atoms. The van der Waals surface area contributed by atoms with Crippen LogP contribution in [-0.2, 0) is 9.59 Å². The van der Waals surface area contributed by atoms with Crippen LogP contribution >= 0.6 is 23.2 Å². The fourth-order valence-electron chi connectivity index (χ4n) is 2.09. The molecule has 19 heavy (non-hydrogen) atoms. The Hall–Kier alpha value is -1.26. The van der Waals surface area contributed by atoms with Crippen LogP contribution in [0, 0.1) is 0 Å². The van der Waals surface area contributed by atoms with Gasteiger partial charge in [-0.05, 0) is 31.0 Å². The van der Waals surface area contributed by atoms with E-state index in [4.69, 9.17) is 23.2 Å². The second-order valence-electron chi connectivity index (χ2n) is 4.53. The van der Waals surface area contributed by atoms with E-state index < -0.39 is 11.8 Å². The van der Waals surface area contributed by atoms with Crippen LogP contribution in [0.3, 0.4) is 0 Å². The van der Waals surface area contributed by atoms with Crippen molar-refractivity contribution in [3.8, 4) is 0 Å². The van der Waals surface area contributed by atoms with E-state index in [2.05, 4.69) is 10.6 Å². The largest absolute Gasteiger partial charge is 0.345 e. The lowest BCUT2D eigenvalue weighted by Crippen LogP contribution is -2.40. The number of carbonyl (C=O) groups excluding carboxylic acids is 2. The fraction of sp³-hybridized carbons (Fsp3) is 0.385. The Morgan fingerprint density at radius 3 is 2.42 bits per heavy atom. The van der Waals surface area contributed by atoms with Crippen LogP contribution in [-0.4, -0.2) is 17.9 Å². The van der Waals surface area contributed by atoms with Gasteiger partial charge in [0.05, 0.1) is 10.7 Å². The number of nitrogens with one attached hydrogen (secondary N) is 2. The summed E-state index contributed by atoms with van der Waals surface area (Å²) in [5.41, 5.74) is 0.373. The van der Waals surface area contributed by atoms with E-state index in [1.165, 1.54) is 6.07 Å². The average Bonchev–Trinajstić information content (AvgIpc) is 2.85. The third-order valence-corrected chi connectivity index (χ3v) is 3.62. The van der Waals surface area contributed by atoms with Gasteiger partial charge in [0.25, 0.3) is 0 Å². The highest BCUT2D eigenvalue weighted by Crippen LogP contribution is 2.25. The SMILES string of the molecule is O=C(Nc1ccc(Cl)cc1Cl)C(=O)NC1CCCC1. The van der Waals surface area contributed by atoms with E-state index >= 15 is 0 Å². The van der Waals surface area contributed by atoms with Gasteiger partial charge in [0.2, 0.25) is 0 Å². The van der Waals surface area contributed by atoms with Crippen molar-refractivity contribution in [2.75, 3.05) is 5.32 Å². The molecule has 1 fully saturated rings. The smallest absolute Gasteiger partial charge is 0.313 e. The quantitative estimate of drug-likeness (QED) is 0.825. The number of halogens is 2. The van der Waals surface area contributed by atoms with Crippen molar-refractivity contribution >= 4 is 40.7 Å². The van der Waals surface area contributed by atoms with Gasteiger partial charge in [-0.3, -0.25) is 9.59 Å². The van der Waals surface area contributed by atoms with Gasteiger partial charge >= 0.3 is 11.8 Å². The van der Waals surface area contributed by atoms with Crippen molar-refractivity contribution in [3.63, 3.8) is 0 Å². The van der Waals surface area contributed by atoms with Crippen molar-refractivity contribution in [1.29, 1.82) is 0 Å². The van der Waals surface area contributed by atoms with Crippen LogP contribution in [0.15, 0.2) is 18.2 Å². The molecule has 6 heteroatoms. The third-order valence-electron chi connectivity index (χ3n) is 3.08. The molecule has 0 unspecified atom stereocenters. The summed E-state index contributed by atoms with van der Waals surface area (Å²) in [6.07, 6.45) is 4.05. The number of hydrogen-bond donors (Lipinski definition) is 2. The van der Waals surface area contributed by atoms with Gasteiger partial charge in [0.1, 0.15) is 0 Å². The summed E-state index contributed by atoms with van der Waals surface area (Å²) in [7, 11) is 0. The molecule has 102 valence electrons. The Morgan fingerprint density at radius 2 is 1.79 bits per heavy atom. The molecule has 1 aliphatic rings. The topological polar surface area (TPSA) is 58.2 Å². The summed E-state index contributed by atoms with van der Waals surface area (Å²) in [5.74, 6) is -1.34. The van der Waals surface area contributed by atoms with E-state index in [0.717, 1.165) is 25.7 Å².